The van der Waals surface area contributed by atoms with Crippen LogP contribution in [-0.2, 0) is 4.79 Å². The Morgan fingerprint density at radius 1 is 1.12 bits per heavy atom. The number of carbonyl (C=O) groups is 2. The molecule has 1 saturated carbocycles. The van der Waals surface area contributed by atoms with E-state index in [1.807, 2.05) is 20.8 Å². The molecule has 1 aromatic rings. The summed E-state index contributed by atoms with van der Waals surface area (Å²) >= 11 is 0. The highest BCUT2D eigenvalue weighted by atomic mass is 35.5. The molecule has 24 heavy (non-hydrogen) atoms. The fourth-order valence-electron chi connectivity index (χ4n) is 2.83. The fraction of sp³-hybridized carbons (Fsp3) is 0.556. The van der Waals surface area contributed by atoms with E-state index in [1.165, 1.54) is 0 Å². The maximum atomic E-state index is 12.3. The normalized spacial score (nSPS) is 20.7. The second-order valence-electron chi connectivity index (χ2n) is 7.39. The van der Waals surface area contributed by atoms with Crippen LogP contribution < -0.4 is 16.4 Å². The molecular weight excluding hydrogens is 326 g/mol. The second kappa shape index (κ2) is 8.49. The molecule has 2 unspecified atom stereocenters. The third-order valence-electron chi connectivity index (χ3n) is 3.99. The molecule has 0 radical (unpaired) electrons. The van der Waals surface area contributed by atoms with Crippen LogP contribution in [0.1, 0.15) is 56.8 Å². The number of amides is 2. The van der Waals surface area contributed by atoms with Crippen LogP contribution >= 0.6 is 12.4 Å². The molecule has 1 aliphatic rings. The van der Waals surface area contributed by atoms with Crippen LogP contribution in [0, 0.1) is 5.92 Å². The minimum Gasteiger partial charge on any atom is -0.347 e. The third kappa shape index (κ3) is 6.13. The number of hydrogen-bond donors (Lipinski definition) is 3. The van der Waals surface area contributed by atoms with Gasteiger partial charge in [0.05, 0.1) is 0 Å². The molecule has 0 aliphatic heterocycles. The molecule has 0 spiro atoms. The van der Waals surface area contributed by atoms with E-state index in [0.717, 1.165) is 25.7 Å². The van der Waals surface area contributed by atoms with Crippen LogP contribution in [0.4, 0.5) is 5.69 Å². The van der Waals surface area contributed by atoms with E-state index < -0.39 is 0 Å². The van der Waals surface area contributed by atoms with Crippen molar-refractivity contribution < 1.29 is 9.59 Å². The van der Waals surface area contributed by atoms with Gasteiger partial charge in [0.25, 0.3) is 5.91 Å². The average molecular weight is 354 g/mol. The van der Waals surface area contributed by atoms with E-state index in [2.05, 4.69) is 10.6 Å². The Bertz CT molecular complexity index is 567. The Balaban J connectivity index is 0.00000288. The summed E-state index contributed by atoms with van der Waals surface area (Å²) in [6, 6.07) is 7.10. The van der Waals surface area contributed by atoms with Crippen LogP contribution in [0.2, 0.25) is 0 Å². The first-order valence-electron chi connectivity index (χ1n) is 8.23. The summed E-state index contributed by atoms with van der Waals surface area (Å²) in [7, 11) is 0. The Morgan fingerprint density at radius 3 is 2.29 bits per heavy atom. The molecule has 0 saturated heterocycles. The third-order valence-corrected chi connectivity index (χ3v) is 3.99. The highest BCUT2D eigenvalue weighted by Gasteiger charge is 2.25. The van der Waals surface area contributed by atoms with Crippen LogP contribution in [0.5, 0.6) is 0 Å². The lowest BCUT2D eigenvalue weighted by Crippen LogP contribution is -2.40. The maximum Gasteiger partial charge on any atom is 0.251 e. The summed E-state index contributed by atoms with van der Waals surface area (Å²) < 4.78 is 0. The van der Waals surface area contributed by atoms with Crippen LogP contribution in [0.15, 0.2) is 24.3 Å². The summed E-state index contributed by atoms with van der Waals surface area (Å²) in [5.41, 5.74) is 6.95. The van der Waals surface area contributed by atoms with Crippen molar-refractivity contribution in [1.82, 2.24) is 5.32 Å². The van der Waals surface area contributed by atoms with E-state index in [0.29, 0.717) is 11.3 Å². The zero-order chi connectivity index (χ0) is 17.0. The van der Waals surface area contributed by atoms with Crippen molar-refractivity contribution in [2.45, 2.75) is 58.0 Å². The Morgan fingerprint density at radius 2 is 1.75 bits per heavy atom. The van der Waals surface area contributed by atoms with Gasteiger partial charge in [-0.2, -0.15) is 0 Å². The van der Waals surface area contributed by atoms with Gasteiger partial charge in [-0.25, -0.2) is 0 Å². The standard InChI is InChI=1S/C18H27N3O2.ClH/c1-18(2,3)21-17(23)12-7-9-15(10-8-12)20-16(22)13-5-4-6-14(19)11-13;/h7-10,13-14H,4-6,11,19H2,1-3H3,(H,20,22)(H,21,23);1H. The highest BCUT2D eigenvalue weighted by molar-refractivity contribution is 5.96. The van der Waals surface area contributed by atoms with E-state index >= 15 is 0 Å². The maximum absolute atomic E-state index is 12.3. The van der Waals surface area contributed by atoms with Gasteiger partial charge in [0, 0.05) is 28.7 Å². The molecule has 0 heterocycles. The summed E-state index contributed by atoms with van der Waals surface area (Å²) in [4.78, 5) is 24.3. The summed E-state index contributed by atoms with van der Waals surface area (Å²) in [5.74, 6) is -0.108. The predicted octanol–water partition coefficient (Wildman–Crippen LogP) is 3.09. The van der Waals surface area contributed by atoms with Crippen molar-refractivity contribution in [1.29, 1.82) is 0 Å². The molecule has 5 nitrogen and oxygen atoms in total. The fourth-order valence-corrected chi connectivity index (χ4v) is 2.83. The number of nitrogens with two attached hydrogens (primary N) is 1. The largest absolute Gasteiger partial charge is 0.347 e. The van der Waals surface area contributed by atoms with Crippen LogP contribution in [0.25, 0.3) is 0 Å². The van der Waals surface area contributed by atoms with Crippen molar-refractivity contribution in [3.8, 4) is 0 Å². The average Bonchev–Trinajstić information content (AvgIpc) is 2.46. The number of halogens is 1. The quantitative estimate of drug-likeness (QED) is 0.780. The van der Waals surface area contributed by atoms with E-state index in [9.17, 15) is 9.59 Å². The van der Waals surface area contributed by atoms with Gasteiger partial charge in [-0.15, -0.1) is 12.4 Å². The first-order valence-corrected chi connectivity index (χ1v) is 8.23. The molecule has 1 fully saturated rings. The van der Waals surface area contributed by atoms with Gasteiger partial charge < -0.3 is 16.4 Å². The van der Waals surface area contributed by atoms with E-state index in [-0.39, 0.29) is 41.7 Å². The van der Waals surface area contributed by atoms with Gasteiger partial charge in [-0.3, -0.25) is 9.59 Å². The van der Waals surface area contributed by atoms with Gasteiger partial charge in [0.15, 0.2) is 0 Å². The van der Waals surface area contributed by atoms with Crippen molar-refractivity contribution in [3.05, 3.63) is 29.8 Å². The SMILES string of the molecule is CC(C)(C)NC(=O)c1ccc(NC(=O)C2CCCC(N)C2)cc1.Cl. The van der Waals surface area contributed by atoms with E-state index in [1.54, 1.807) is 24.3 Å². The van der Waals surface area contributed by atoms with Crippen molar-refractivity contribution >= 4 is 29.9 Å². The van der Waals surface area contributed by atoms with Gasteiger partial charge in [0.1, 0.15) is 0 Å². The van der Waals surface area contributed by atoms with Crippen molar-refractivity contribution in [2.75, 3.05) is 5.32 Å². The molecule has 1 aromatic carbocycles. The Kier molecular flexibility index (Phi) is 7.24. The smallest absolute Gasteiger partial charge is 0.251 e. The molecule has 2 rings (SSSR count). The minimum absolute atomic E-state index is 0. The molecule has 6 heteroatoms. The number of nitrogens with one attached hydrogen (secondary N) is 2. The molecule has 2 atom stereocenters. The van der Waals surface area contributed by atoms with Crippen molar-refractivity contribution in [2.24, 2.45) is 11.7 Å². The van der Waals surface area contributed by atoms with Gasteiger partial charge in [-0.05, 0) is 64.3 Å². The molecule has 1 aliphatic carbocycles. The van der Waals surface area contributed by atoms with Gasteiger partial charge >= 0.3 is 0 Å². The van der Waals surface area contributed by atoms with Crippen LogP contribution in [0.3, 0.4) is 0 Å². The number of hydrogen-bond acceptors (Lipinski definition) is 3. The topological polar surface area (TPSA) is 84.2 Å². The Hall–Kier alpha value is -1.59. The molecular formula is C18H28ClN3O2. The highest BCUT2D eigenvalue weighted by Crippen LogP contribution is 2.24. The first kappa shape index (κ1) is 20.5. The number of carbonyl (C=O) groups excluding carboxylic acids is 2. The van der Waals surface area contributed by atoms with Crippen LogP contribution in [-0.4, -0.2) is 23.4 Å². The number of anilines is 1. The zero-order valence-electron chi connectivity index (χ0n) is 14.6. The predicted molar refractivity (Wildman–Crippen MR) is 99.5 cm³/mol. The zero-order valence-corrected chi connectivity index (χ0v) is 15.4. The summed E-state index contributed by atoms with van der Waals surface area (Å²) in [6.45, 7) is 5.82. The number of benzene rings is 1. The molecule has 0 bridgehead atoms. The monoisotopic (exact) mass is 353 g/mol. The van der Waals surface area contributed by atoms with Gasteiger partial charge in [0.2, 0.25) is 5.91 Å². The Labute approximate surface area is 150 Å². The lowest BCUT2D eigenvalue weighted by molar-refractivity contribution is -0.120. The second-order valence-corrected chi connectivity index (χ2v) is 7.39. The molecule has 2 amide bonds. The molecule has 134 valence electrons. The van der Waals surface area contributed by atoms with E-state index in [4.69, 9.17) is 5.73 Å². The lowest BCUT2D eigenvalue weighted by Gasteiger charge is -2.25. The minimum atomic E-state index is -0.274. The summed E-state index contributed by atoms with van der Waals surface area (Å²) in [6.07, 6.45) is 3.65. The van der Waals surface area contributed by atoms with Crippen molar-refractivity contribution in [3.63, 3.8) is 0 Å². The number of rotatable bonds is 3. The summed E-state index contributed by atoms with van der Waals surface area (Å²) in [5, 5.41) is 5.83. The van der Waals surface area contributed by atoms with Gasteiger partial charge in [-0.1, -0.05) is 6.42 Å². The molecule has 4 N–H and O–H groups in total. The molecule has 0 aromatic heterocycles. The first-order chi connectivity index (χ1) is 10.7. The lowest BCUT2D eigenvalue weighted by atomic mass is 9.85.